The number of nitrogens with one attached hydrogen (secondary N) is 2. The van der Waals surface area contributed by atoms with Crippen molar-refractivity contribution in [1.82, 2.24) is 20.4 Å². The van der Waals surface area contributed by atoms with Gasteiger partial charge in [-0.25, -0.2) is 0 Å². The van der Waals surface area contributed by atoms with Gasteiger partial charge in [-0.2, -0.15) is 0 Å². The second-order valence-electron chi connectivity index (χ2n) is 8.54. The fourth-order valence-electron chi connectivity index (χ4n) is 4.30. The maximum Gasteiger partial charge on any atom is 0.191 e. The lowest BCUT2D eigenvalue weighted by molar-refractivity contribution is 0.109. The molecule has 0 radical (unpaired) electrons. The van der Waals surface area contributed by atoms with Gasteiger partial charge in [-0.3, -0.25) is 9.89 Å². The van der Waals surface area contributed by atoms with E-state index in [1.54, 1.807) is 0 Å². The van der Waals surface area contributed by atoms with E-state index in [0.29, 0.717) is 12.1 Å². The molecule has 2 fully saturated rings. The molecule has 1 atom stereocenters. The smallest absolute Gasteiger partial charge is 0.191 e. The molecule has 1 saturated carbocycles. The van der Waals surface area contributed by atoms with Gasteiger partial charge in [-0.05, 0) is 57.9 Å². The number of hydrogen-bond donors (Lipinski definition) is 2. The first kappa shape index (κ1) is 25.0. The molecule has 0 bridgehead atoms. The Morgan fingerprint density at radius 2 is 1.63 bits per heavy atom. The molecule has 1 aliphatic carbocycles. The highest BCUT2D eigenvalue weighted by atomic mass is 127. The van der Waals surface area contributed by atoms with E-state index in [2.05, 4.69) is 55.1 Å². The normalized spacial score (nSPS) is 26.5. The summed E-state index contributed by atoms with van der Waals surface area (Å²) in [6.45, 7) is 19.2. The number of nitrogens with zero attached hydrogens (tertiary/aromatic N) is 3. The van der Waals surface area contributed by atoms with Gasteiger partial charge in [0.2, 0.25) is 0 Å². The van der Waals surface area contributed by atoms with Crippen LogP contribution in [-0.2, 0) is 0 Å². The van der Waals surface area contributed by atoms with Gasteiger partial charge in [0.1, 0.15) is 0 Å². The van der Waals surface area contributed by atoms with Crippen molar-refractivity contribution in [2.24, 2.45) is 16.8 Å². The monoisotopic (exact) mass is 493 g/mol. The number of halogens is 1. The van der Waals surface area contributed by atoms with Gasteiger partial charge in [0.25, 0.3) is 0 Å². The molecular formula is C21H44IN5. The molecule has 1 heterocycles. The van der Waals surface area contributed by atoms with Crippen molar-refractivity contribution in [3.63, 3.8) is 0 Å². The number of likely N-dealkylation sites (N-methyl/N-ethyl adjacent to an activating group) is 1. The summed E-state index contributed by atoms with van der Waals surface area (Å²) in [5.41, 5.74) is 0. The van der Waals surface area contributed by atoms with Gasteiger partial charge in [0.15, 0.2) is 5.96 Å². The average Bonchev–Trinajstić information content (AvgIpc) is 2.66. The Kier molecular flexibility index (Phi) is 12.2. The summed E-state index contributed by atoms with van der Waals surface area (Å²) in [4.78, 5) is 10.0. The first-order valence-corrected chi connectivity index (χ1v) is 11.0. The molecule has 160 valence electrons. The number of guanidine groups is 1. The summed E-state index contributed by atoms with van der Waals surface area (Å²) >= 11 is 0. The van der Waals surface area contributed by atoms with Crippen molar-refractivity contribution in [1.29, 1.82) is 0 Å². The summed E-state index contributed by atoms with van der Waals surface area (Å²) in [5, 5.41) is 7.15. The third kappa shape index (κ3) is 8.44. The van der Waals surface area contributed by atoms with Crippen LogP contribution in [0.1, 0.15) is 60.3 Å². The summed E-state index contributed by atoms with van der Waals surface area (Å²) < 4.78 is 0. The van der Waals surface area contributed by atoms with Crippen molar-refractivity contribution in [2.45, 2.75) is 72.4 Å². The lowest BCUT2D eigenvalue weighted by Crippen LogP contribution is -2.50. The molecule has 6 heteroatoms. The molecule has 0 aromatic rings. The Bertz CT molecular complexity index is 413. The van der Waals surface area contributed by atoms with Crippen LogP contribution >= 0.6 is 24.0 Å². The molecule has 1 unspecified atom stereocenters. The molecule has 1 saturated heterocycles. The molecule has 0 aromatic carbocycles. The second kappa shape index (κ2) is 13.2. The maximum absolute atomic E-state index is 4.92. The minimum Gasteiger partial charge on any atom is -0.357 e. The highest BCUT2D eigenvalue weighted by Gasteiger charge is 2.24. The van der Waals surface area contributed by atoms with Gasteiger partial charge in [-0.15, -0.1) is 24.0 Å². The standard InChI is InChI=1S/C21H43N5.HI/c1-6-22-21(24-20-10-8-19(9-11-20)17(3)4)23-16-18(5)26-14-12-25(7-2)13-15-26;/h17-20H,6-16H2,1-5H3,(H2,22,23,24);1H. The number of rotatable bonds is 7. The van der Waals surface area contributed by atoms with E-state index >= 15 is 0 Å². The van der Waals surface area contributed by atoms with Crippen LogP contribution in [0.2, 0.25) is 0 Å². The van der Waals surface area contributed by atoms with E-state index in [0.717, 1.165) is 30.9 Å². The van der Waals surface area contributed by atoms with Crippen molar-refractivity contribution in [2.75, 3.05) is 45.8 Å². The molecule has 2 rings (SSSR count). The van der Waals surface area contributed by atoms with Crippen molar-refractivity contribution in [3.8, 4) is 0 Å². The van der Waals surface area contributed by atoms with Crippen molar-refractivity contribution >= 4 is 29.9 Å². The zero-order valence-corrected chi connectivity index (χ0v) is 20.7. The average molecular weight is 494 g/mol. The third-order valence-electron chi connectivity index (χ3n) is 6.39. The van der Waals surface area contributed by atoms with Crippen LogP contribution in [-0.4, -0.2) is 73.7 Å². The van der Waals surface area contributed by atoms with Crippen LogP contribution < -0.4 is 10.6 Å². The summed E-state index contributed by atoms with van der Waals surface area (Å²) in [6, 6.07) is 1.10. The quantitative estimate of drug-likeness (QED) is 0.324. The van der Waals surface area contributed by atoms with Gasteiger partial charge in [0, 0.05) is 44.8 Å². The Morgan fingerprint density at radius 3 is 2.15 bits per heavy atom. The predicted molar refractivity (Wildman–Crippen MR) is 128 cm³/mol. The van der Waals surface area contributed by atoms with Crippen LogP contribution in [0.25, 0.3) is 0 Å². The maximum atomic E-state index is 4.92. The van der Waals surface area contributed by atoms with Gasteiger partial charge < -0.3 is 15.5 Å². The van der Waals surface area contributed by atoms with E-state index in [-0.39, 0.29) is 24.0 Å². The lowest BCUT2D eigenvalue weighted by Gasteiger charge is -2.37. The Hall–Kier alpha value is -0.0800. The first-order valence-electron chi connectivity index (χ1n) is 11.0. The molecule has 2 N–H and O–H groups in total. The Labute approximate surface area is 185 Å². The van der Waals surface area contributed by atoms with Crippen LogP contribution in [0.5, 0.6) is 0 Å². The minimum atomic E-state index is 0. The lowest BCUT2D eigenvalue weighted by atomic mass is 9.80. The first-order chi connectivity index (χ1) is 12.5. The molecule has 0 amide bonds. The third-order valence-corrected chi connectivity index (χ3v) is 6.39. The van der Waals surface area contributed by atoms with Crippen LogP contribution in [0.3, 0.4) is 0 Å². The summed E-state index contributed by atoms with van der Waals surface area (Å²) in [5.74, 6) is 2.75. The minimum absolute atomic E-state index is 0. The SMILES string of the molecule is CCNC(=NCC(C)N1CCN(CC)CC1)NC1CCC(C(C)C)CC1.I. The highest BCUT2D eigenvalue weighted by molar-refractivity contribution is 14.0. The van der Waals surface area contributed by atoms with Crippen LogP contribution in [0.4, 0.5) is 0 Å². The van der Waals surface area contributed by atoms with Gasteiger partial charge in [-0.1, -0.05) is 20.8 Å². The number of hydrogen-bond acceptors (Lipinski definition) is 3. The van der Waals surface area contributed by atoms with E-state index in [1.165, 1.54) is 58.4 Å². The summed E-state index contributed by atoms with van der Waals surface area (Å²) in [7, 11) is 0. The topological polar surface area (TPSA) is 42.9 Å². The fourth-order valence-corrected chi connectivity index (χ4v) is 4.30. The molecule has 0 spiro atoms. The zero-order chi connectivity index (χ0) is 18.9. The van der Waals surface area contributed by atoms with E-state index < -0.39 is 0 Å². The number of piperazine rings is 1. The molecule has 2 aliphatic rings. The number of aliphatic imine (C=N–C) groups is 1. The van der Waals surface area contributed by atoms with Crippen molar-refractivity contribution < 1.29 is 0 Å². The predicted octanol–water partition coefficient (Wildman–Crippen LogP) is 3.40. The Morgan fingerprint density at radius 1 is 1.00 bits per heavy atom. The highest BCUT2D eigenvalue weighted by Crippen LogP contribution is 2.29. The van der Waals surface area contributed by atoms with Crippen LogP contribution in [0.15, 0.2) is 4.99 Å². The van der Waals surface area contributed by atoms with Crippen molar-refractivity contribution in [3.05, 3.63) is 0 Å². The molecule has 5 nitrogen and oxygen atoms in total. The molecular weight excluding hydrogens is 449 g/mol. The van der Waals surface area contributed by atoms with E-state index in [9.17, 15) is 0 Å². The molecule has 0 aromatic heterocycles. The van der Waals surface area contributed by atoms with Gasteiger partial charge >= 0.3 is 0 Å². The molecule has 27 heavy (non-hydrogen) atoms. The Balaban J connectivity index is 0.00000364. The largest absolute Gasteiger partial charge is 0.357 e. The zero-order valence-electron chi connectivity index (χ0n) is 18.3. The van der Waals surface area contributed by atoms with E-state index in [4.69, 9.17) is 4.99 Å². The van der Waals surface area contributed by atoms with Crippen LogP contribution in [0, 0.1) is 11.8 Å². The second-order valence-corrected chi connectivity index (χ2v) is 8.54. The van der Waals surface area contributed by atoms with Gasteiger partial charge in [0.05, 0.1) is 6.54 Å². The fraction of sp³-hybridized carbons (Fsp3) is 0.952. The summed E-state index contributed by atoms with van der Waals surface area (Å²) in [6.07, 6.45) is 5.27. The van der Waals surface area contributed by atoms with E-state index in [1.807, 2.05) is 0 Å². The molecule has 1 aliphatic heterocycles.